The van der Waals surface area contributed by atoms with E-state index in [1.54, 1.807) is 0 Å². The third kappa shape index (κ3) is 2.28. The summed E-state index contributed by atoms with van der Waals surface area (Å²) in [6, 6.07) is -0.134. The van der Waals surface area contributed by atoms with Gasteiger partial charge in [-0.25, -0.2) is 18.5 Å². The van der Waals surface area contributed by atoms with E-state index in [0.29, 0.717) is 11.5 Å². The molecular weight excluding hydrogens is 274 g/mol. The second-order valence-corrected chi connectivity index (χ2v) is 6.58. The Hall–Kier alpha value is -1.32. The van der Waals surface area contributed by atoms with Crippen LogP contribution in [0.3, 0.4) is 0 Å². The van der Waals surface area contributed by atoms with Crippen molar-refractivity contribution in [3.63, 3.8) is 0 Å². The number of hydrogen-bond acceptors (Lipinski definition) is 6. The van der Waals surface area contributed by atoms with Gasteiger partial charge in [0.15, 0.2) is 5.82 Å². The van der Waals surface area contributed by atoms with Crippen molar-refractivity contribution in [1.82, 2.24) is 19.7 Å². The zero-order valence-electron chi connectivity index (χ0n) is 10.2. The molecule has 0 aliphatic rings. The molecule has 9 heteroatoms. The van der Waals surface area contributed by atoms with Gasteiger partial charge in [-0.1, -0.05) is 0 Å². The smallest absolute Gasteiger partial charge is 0.273 e. The fourth-order valence-corrected chi connectivity index (χ4v) is 2.89. The number of nitrogens with zero attached hydrogens (tertiary/aromatic N) is 4. The van der Waals surface area contributed by atoms with E-state index in [2.05, 4.69) is 15.2 Å². The summed E-state index contributed by atoms with van der Waals surface area (Å²) >= 11 is 1.46. The topological polar surface area (TPSA) is 104 Å². The van der Waals surface area contributed by atoms with Crippen molar-refractivity contribution in [3.05, 3.63) is 10.4 Å². The van der Waals surface area contributed by atoms with Gasteiger partial charge in [0.2, 0.25) is 0 Å². The quantitative estimate of drug-likeness (QED) is 0.904. The van der Waals surface area contributed by atoms with Crippen LogP contribution in [0, 0.1) is 6.92 Å². The minimum Gasteiger partial charge on any atom is -0.293 e. The lowest BCUT2D eigenvalue weighted by Crippen LogP contribution is -2.20. The molecule has 0 radical (unpaired) electrons. The van der Waals surface area contributed by atoms with E-state index in [1.807, 2.05) is 26.2 Å². The zero-order valence-corrected chi connectivity index (χ0v) is 11.8. The second kappa shape index (κ2) is 4.41. The lowest BCUT2D eigenvalue weighted by atomic mass is 10.3. The molecule has 0 atom stereocenters. The van der Waals surface area contributed by atoms with Crippen LogP contribution < -0.4 is 5.14 Å². The first-order valence-corrected chi connectivity index (χ1v) is 7.63. The average molecular weight is 287 g/mol. The Bertz CT molecular complexity index is 671. The van der Waals surface area contributed by atoms with Crippen LogP contribution in [0.25, 0.3) is 11.5 Å². The van der Waals surface area contributed by atoms with Gasteiger partial charge in [-0.3, -0.25) is 4.57 Å². The lowest BCUT2D eigenvalue weighted by molar-refractivity contribution is 0.524. The summed E-state index contributed by atoms with van der Waals surface area (Å²) in [6.07, 6.45) is 0. The van der Waals surface area contributed by atoms with Crippen molar-refractivity contribution >= 4 is 21.4 Å². The van der Waals surface area contributed by atoms with E-state index >= 15 is 0 Å². The monoisotopic (exact) mass is 287 g/mol. The van der Waals surface area contributed by atoms with Crippen molar-refractivity contribution in [2.24, 2.45) is 5.14 Å². The molecule has 2 rings (SSSR count). The first-order valence-electron chi connectivity index (χ1n) is 5.21. The fourth-order valence-electron chi connectivity index (χ4n) is 1.58. The van der Waals surface area contributed by atoms with E-state index < -0.39 is 10.0 Å². The van der Waals surface area contributed by atoms with Gasteiger partial charge in [0.05, 0.1) is 5.01 Å². The van der Waals surface area contributed by atoms with E-state index in [0.717, 1.165) is 5.01 Å². The number of thiazole rings is 1. The van der Waals surface area contributed by atoms with E-state index in [4.69, 9.17) is 5.14 Å². The summed E-state index contributed by atoms with van der Waals surface area (Å²) in [4.78, 5) is 4.28. The standard InChI is InChI=1S/C9H13N5O2S2/c1-5(2)14-8(7-4-17-6(3)11-7)12-13-9(14)18(10,15)16/h4-5H,1-3H3,(H2,10,15,16). The Morgan fingerprint density at radius 1 is 1.39 bits per heavy atom. The van der Waals surface area contributed by atoms with Gasteiger partial charge < -0.3 is 0 Å². The molecule has 2 N–H and O–H groups in total. The molecule has 0 amide bonds. The van der Waals surface area contributed by atoms with Gasteiger partial charge in [-0.2, -0.15) is 0 Å². The number of aryl methyl sites for hydroxylation is 1. The number of nitrogens with two attached hydrogens (primary N) is 1. The van der Waals surface area contributed by atoms with Crippen LogP contribution in [0.15, 0.2) is 10.5 Å². The minimum atomic E-state index is -3.89. The molecule has 0 aromatic carbocycles. The van der Waals surface area contributed by atoms with Crippen LogP contribution in [0.5, 0.6) is 0 Å². The summed E-state index contributed by atoms with van der Waals surface area (Å²) in [5.74, 6) is 0.415. The highest BCUT2D eigenvalue weighted by Crippen LogP contribution is 2.25. The van der Waals surface area contributed by atoms with Crippen LogP contribution in [0.2, 0.25) is 0 Å². The number of aromatic nitrogens is 4. The van der Waals surface area contributed by atoms with Gasteiger partial charge in [0.25, 0.3) is 15.2 Å². The Kier molecular flexibility index (Phi) is 3.21. The molecule has 0 bridgehead atoms. The van der Waals surface area contributed by atoms with Gasteiger partial charge in [0, 0.05) is 11.4 Å². The average Bonchev–Trinajstić information content (AvgIpc) is 2.80. The highest BCUT2D eigenvalue weighted by molar-refractivity contribution is 7.89. The first kappa shape index (κ1) is 13.1. The van der Waals surface area contributed by atoms with Gasteiger partial charge in [-0.05, 0) is 20.8 Å². The van der Waals surface area contributed by atoms with Gasteiger partial charge >= 0.3 is 0 Å². The number of hydrogen-bond donors (Lipinski definition) is 1. The largest absolute Gasteiger partial charge is 0.293 e. The molecule has 0 aliphatic carbocycles. The highest BCUT2D eigenvalue weighted by Gasteiger charge is 2.24. The molecule has 7 nitrogen and oxygen atoms in total. The first-order chi connectivity index (χ1) is 8.30. The summed E-state index contributed by atoms with van der Waals surface area (Å²) in [5.41, 5.74) is 0.605. The SMILES string of the molecule is Cc1nc(-c2nnc(S(N)(=O)=O)n2C(C)C)cs1. The van der Waals surface area contributed by atoms with Crippen molar-refractivity contribution in [2.45, 2.75) is 32.0 Å². The van der Waals surface area contributed by atoms with E-state index in [1.165, 1.54) is 15.9 Å². The minimum absolute atomic E-state index is 0.134. The molecule has 0 unspecified atom stereocenters. The summed E-state index contributed by atoms with van der Waals surface area (Å²) < 4.78 is 24.4. The molecule has 18 heavy (non-hydrogen) atoms. The van der Waals surface area contributed by atoms with Crippen LogP contribution in [-0.2, 0) is 10.0 Å². The second-order valence-electron chi connectivity index (χ2n) is 4.07. The molecule has 0 saturated carbocycles. The maximum atomic E-state index is 11.4. The highest BCUT2D eigenvalue weighted by atomic mass is 32.2. The van der Waals surface area contributed by atoms with Gasteiger partial charge in [-0.15, -0.1) is 21.5 Å². The lowest BCUT2D eigenvalue weighted by Gasteiger charge is -2.11. The predicted octanol–water partition coefficient (Wildman–Crippen LogP) is 0.938. The maximum Gasteiger partial charge on any atom is 0.273 e. The van der Waals surface area contributed by atoms with Crippen LogP contribution in [0.1, 0.15) is 24.9 Å². The van der Waals surface area contributed by atoms with Gasteiger partial charge in [0.1, 0.15) is 5.69 Å². The van der Waals surface area contributed by atoms with E-state index in [-0.39, 0.29) is 11.2 Å². The number of rotatable bonds is 3. The Morgan fingerprint density at radius 3 is 2.50 bits per heavy atom. The maximum absolute atomic E-state index is 11.4. The van der Waals surface area contributed by atoms with Crippen molar-refractivity contribution < 1.29 is 8.42 Å². The molecule has 0 saturated heterocycles. The third-order valence-corrected chi connectivity index (χ3v) is 3.84. The normalized spacial score (nSPS) is 12.3. The molecule has 0 spiro atoms. The predicted molar refractivity (Wildman–Crippen MR) is 67.6 cm³/mol. The van der Waals surface area contributed by atoms with Crippen molar-refractivity contribution in [1.29, 1.82) is 0 Å². The number of sulfonamides is 1. The van der Waals surface area contributed by atoms with Crippen LogP contribution in [-0.4, -0.2) is 28.2 Å². The third-order valence-electron chi connectivity index (χ3n) is 2.28. The molecule has 0 fully saturated rings. The molecule has 98 valence electrons. The summed E-state index contributed by atoms with van der Waals surface area (Å²) in [5, 5.41) is 15.1. The molecule has 2 aromatic heterocycles. The van der Waals surface area contributed by atoms with Crippen molar-refractivity contribution in [2.75, 3.05) is 0 Å². The summed E-state index contributed by atoms with van der Waals surface area (Å²) in [6.45, 7) is 5.53. The molecule has 2 heterocycles. The summed E-state index contributed by atoms with van der Waals surface area (Å²) in [7, 11) is -3.89. The molecular formula is C9H13N5O2S2. The van der Waals surface area contributed by atoms with Crippen LogP contribution in [0.4, 0.5) is 0 Å². The van der Waals surface area contributed by atoms with Crippen LogP contribution >= 0.6 is 11.3 Å². The molecule has 0 aliphatic heterocycles. The number of primary sulfonamides is 1. The Balaban J connectivity index is 2.67. The van der Waals surface area contributed by atoms with E-state index in [9.17, 15) is 8.42 Å². The molecule has 2 aromatic rings. The fraction of sp³-hybridized carbons (Fsp3) is 0.444. The zero-order chi connectivity index (χ0) is 13.5. The van der Waals surface area contributed by atoms with Crippen molar-refractivity contribution in [3.8, 4) is 11.5 Å². The Morgan fingerprint density at radius 2 is 2.06 bits per heavy atom. The Labute approximate surface area is 109 Å².